The second-order valence-corrected chi connectivity index (χ2v) is 5.90. The topological polar surface area (TPSA) is 28.3 Å². The smallest absolute Gasteiger partial charge is 0.180 e. The normalized spacial score (nSPS) is 10.6. The summed E-state index contributed by atoms with van der Waals surface area (Å²) in [5, 5.41) is 0. The van der Waals surface area contributed by atoms with Crippen LogP contribution in [0.25, 0.3) is 0 Å². The van der Waals surface area contributed by atoms with Crippen molar-refractivity contribution in [1.29, 1.82) is 0 Å². The number of nitrogens with zero attached hydrogens (tertiary/aromatic N) is 2. The van der Waals surface area contributed by atoms with Crippen LogP contribution in [0.15, 0.2) is 60.9 Å². The molecule has 24 heavy (non-hydrogen) atoms. The van der Waals surface area contributed by atoms with Crippen molar-refractivity contribution in [3.63, 3.8) is 0 Å². The molecule has 0 N–H and O–H groups in total. The fraction of sp³-hybridized carbons (Fsp3) is 0.211. The molecule has 0 radical (unpaired) electrons. The highest BCUT2D eigenvalue weighted by Gasteiger charge is 2.04. The summed E-state index contributed by atoms with van der Waals surface area (Å²) in [5.74, 6) is 1.71. The summed E-state index contributed by atoms with van der Waals surface area (Å²) < 4.78 is 15.5. The van der Waals surface area contributed by atoms with Crippen molar-refractivity contribution in [1.82, 2.24) is 9.13 Å². The minimum absolute atomic E-state index is 0.723. The molecule has 124 valence electrons. The highest BCUT2D eigenvalue weighted by molar-refractivity contribution is 7.71. The predicted molar refractivity (Wildman–Crippen MR) is 97.4 cm³/mol. The minimum atomic E-state index is 0.723. The zero-order valence-corrected chi connectivity index (χ0v) is 14.6. The highest BCUT2D eigenvalue weighted by atomic mass is 32.1. The van der Waals surface area contributed by atoms with Gasteiger partial charge in [-0.05, 0) is 47.6 Å². The number of benzene rings is 2. The number of imidazole rings is 1. The Kier molecular flexibility index (Phi) is 5.01. The van der Waals surface area contributed by atoms with E-state index in [2.05, 4.69) is 21.3 Å². The van der Waals surface area contributed by atoms with E-state index in [1.165, 1.54) is 0 Å². The molecule has 1 heterocycles. The molecule has 0 fully saturated rings. The molecular formula is C19H20N2O2S. The Labute approximate surface area is 146 Å². The van der Waals surface area contributed by atoms with Crippen molar-refractivity contribution in [2.24, 2.45) is 0 Å². The van der Waals surface area contributed by atoms with Gasteiger partial charge in [0, 0.05) is 25.5 Å². The molecule has 0 atom stereocenters. The van der Waals surface area contributed by atoms with Gasteiger partial charge >= 0.3 is 0 Å². The largest absolute Gasteiger partial charge is 0.497 e. The first-order chi connectivity index (χ1) is 11.7. The molecule has 0 spiro atoms. The van der Waals surface area contributed by atoms with Crippen LogP contribution in [0, 0.1) is 4.77 Å². The lowest BCUT2D eigenvalue weighted by molar-refractivity contribution is 0.414. The summed E-state index contributed by atoms with van der Waals surface area (Å²) in [4.78, 5) is 0. The Balaban J connectivity index is 1.79. The molecule has 0 bridgehead atoms. The van der Waals surface area contributed by atoms with Crippen molar-refractivity contribution in [2.75, 3.05) is 14.2 Å². The predicted octanol–water partition coefficient (Wildman–Crippen LogP) is 4.13. The van der Waals surface area contributed by atoms with Crippen LogP contribution in [-0.4, -0.2) is 23.4 Å². The molecule has 1 aromatic heterocycles. The summed E-state index contributed by atoms with van der Waals surface area (Å²) in [6.45, 7) is 1.45. The number of hydrogen-bond donors (Lipinski definition) is 0. The third-order valence-corrected chi connectivity index (χ3v) is 4.36. The van der Waals surface area contributed by atoms with Gasteiger partial charge in [0.05, 0.1) is 14.2 Å². The van der Waals surface area contributed by atoms with Crippen LogP contribution in [0.2, 0.25) is 0 Å². The first kappa shape index (κ1) is 16.3. The van der Waals surface area contributed by atoms with Gasteiger partial charge in [-0.1, -0.05) is 24.3 Å². The van der Waals surface area contributed by atoms with E-state index in [-0.39, 0.29) is 0 Å². The highest BCUT2D eigenvalue weighted by Crippen LogP contribution is 2.16. The Morgan fingerprint density at radius 2 is 1.25 bits per heavy atom. The quantitative estimate of drug-likeness (QED) is 0.632. The molecule has 0 saturated carbocycles. The Morgan fingerprint density at radius 1 is 0.792 bits per heavy atom. The maximum Gasteiger partial charge on any atom is 0.180 e. The van der Waals surface area contributed by atoms with Crippen molar-refractivity contribution < 1.29 is 9.47 Å². The molecule has 0 aliphatic carbocycles. The number of rotatable bonds is 6. The van der Waals surface area contributed by atoms with Crippen LogP contribution >= 0.6 is 12.2 Å². The van der Waals surface area contributed by atoms with Crippen LogP contribution < -0.4 is 9.47 Å². The average molecular weight is 340 g/mol. The summed E-state index contributed by atoms with van der Waals surface area (Å²) in [5.41, 5.74) is 2.31. The van der Waals surface area contributed by atoms with E-state index < -0.39 is 0 Å². The van der Waals surface area contributed by atoms with Crippen molar-refractivity contribution >= 4 is 12.2 Å². The van der Waals surface area contributed by atoms with Crippen LogP contribution in [-0.2, 0) is 13.1 Å². The minimum Gasteiger partial charge on any atom is -0.497 e. The molecule has 3 rings (SSSR count). The second-order valence-electron chi connectivity index (χ2n) is 5.54. The van der Waals surface area contributed by atoms with Gasteiger partial charge in [-0.3, -0.25) is 0 Å². The van der Waals surface area contributed by atoms with E-state index in [9.17, 15) is 0 Å². The van der Waals surface area contributed by atoms with Crippen molar-refractivity contribution in [2.45, 2.75) is 13.1 Å². The molecule has 0 aliphatic heterocycles. The maximum atomic E-state index is 5.61. The monoisotopic (exact) mass is 340 g/mol. The molecule has 5 heteroatoms. The molecule has 3 aromatic rings. The second kappa shape index (κ2) is 7.36. The molecule has 4 nitrogen and oxygen atoms in total. The van der Waals surface area contributed by atoms with Gasteiger partial charge in [0.2, 0.25) is 0 Å². The van der Waals surface area contributed by atoms with Crippen molar-refractivity contribution in [3.05, 3.63) is 76.8 Å². The molecule has 0 unspecified atom stereocenters. The SMILES string of the molecule is COc1cccc(Cn2ccn(Cc3cccc(OC)c3)c2=S)c1. The number of methoxy groups -OCH3 is 2. The van der Waals surface area contributed by atoms with Gasteiger partial charge in [-0.25, -0.2) is 0 Å². The lowest BCUT2D eigenvalue weighted by atomic mass is 10.2. The van der Waals surface area contributed by atoms with E-state index in [1.807, 2.05) is 48.8 Å². The summed E-state index contributed by atoms with van der Waals surface area (Å²) in [6, 6.07) is 16.1. The summed E-state index contributed by atoms with van der Waals surface area (Å²) >= 11 is 5.61. The van der Waals surface area contributed by atoms with Gasteiger partial charge in [-0.15, -0.1) is 0 Å². The van der Waals surface area contributed by atoms with Crippen LogP contribution in [0.5, 0.6) is 11.5 Å². The Hall–Kier alpha value is -2.53. The zero-order valence-electron chi connectivity index (χ0n) is 13.8. The molecular weight excluding hydrogens is 320 g/mol. The van der Waals surface area contributed by atoms with E-state index in [0.717, 1.165) is 40.5 Å². The first-order valence-corrected chi connectivity index (χ1v) is 8.12. The van der Waals surface area contributed by atoms with Crippen LogP contribution in [0.1, 0.15) is 11.1 Å². The molecule has 0 amide bonds. The van der Waals surface area contributed by atoms with Crippen LogP contribution in [0.4, 0.5) is 0 Å². The fourth-order valence-electron chi connectivity index (χ4n) is 2.63. The van der Waals surface area contributed by atoms with Crippen molar-refractivity contribution in [3.8, 4) is 11.5 Å². The van der Waals surface area contributed by atoms with Crippen LogP contribution in [0.3, 0.4) is 0 Å². The van der Waals surface area contributed by atoms with Gasteiger partial charge in [-0.2, -0.15) is 0 Å². The lowest BCUT2D eigenvalue weighted by Gasteiger charge is -2.07. The van der Waals surface area contributed by atoms with E-state index in [1.54, 1.807) is 14.2 Å². The average Bonchev–Trinajstić information content (AvgIpc) is 2.95. The maximum absolute atomic E-state index is 5.61. The first-order valence-electron chi connectivity index (χ1n) is 7.71. The van der Waals surface area contributed by atoms with Gasteiger partial charge in [0.25, 0.3) is 0 Å². The fourth-order valence-corrected chi connectivity index (χ4v) is 2.88. The third kappa shape index (κ3) is 3.68. The number of ether oxygens (including phenoxy) is 2. The van der Waals surface area contributed by atoms with Gasteiger partial charge in [0.15, 0.2) is 4.77 Å². The third-order valence-electron chi connectivity index (χ3n) is 3.89. The standard InChI is InChI=1S/C19H20N2O2S/c1-22-17-7-3-5-15(11-17)13-20-9-10-21(19(20)24)14-16-6-4-8-18(12-16)23-2/h3-12H,13-14H2,1-2H3. The van der Waals surface area contributed by atoms with E-state index in [4.69, 9.17) is 21.7 Å². The lowest BCUT2D eigenvalue weighted by Crippen LogP contribution is -2.03. The van der Waals surface area contributed by atoms with Gasteiger partial charge < -0.3 is 18.6 Å². The number of aromatic nitrogens is 2. The molecule has 0 aliphatic rings. The Bertz CT molecular complexity index is 813. The zero-order chi connectivity index (χ0) is 16.9. The Morgan fingerprint density at radius 3 is 1.67 bits per heavy atom. The van der Waals surface area contributed by atoms with E-state index in [0.29, 0.717) is 0 Å². The molecule has 2 aromatic carbocycles. The molecule has 0 saturated heterocycles. The summed E-state index contributed by atoms with van der Waals surface area (Å²) in [6.07, 6.45) is 4.03. The summed E-state index contributed by atoms with van der Waals surface area (Å²) in [7, 11) is 3.35. The van der Waals surface area contributed by atoms with Gasteiger partial charge in [0.1, 0.15) is 11.5 Å². The van der Waals surface area contributed by atoms with E-state index >= 15 is 0 Å². The number of hydrogen-bond acceptors (Lipinski definition) is 3.